The lowest BCUT2D eigenvalue weighted by atomic mass is 10.00. The van der Waals surface area contributed by atoms with Crippen molar-refractivity contribution >= 4 is 5.69 Å². The Kier molecular flexibility index (Phi) is 3.60. The van der Waals surface area contributed by atoms with E-state index in [-0.39, 0.29) is 6.61 Å². The topological polar surface area (TPSA) is 35.5 Å². The Labute approximate surface area is 131 Å². The Hall–Kier alpha value is -1.84. The third-order valence-electron chi connectivity index (χ3n) is 4.92. The Balaban J connectivity index is 1.71. The van der Waals surface area contributed by atoms with Crippen LogP contribution in [0.25, 0.3) is 11.1 Å². The average molecular weight is 294 g/mol. The third-order valence-corrected chi connectivity index (χ3v) is 4.92. The molecule has 0 aliphatic carbocycles. The Morgan fingerprint density at radius 3 is 2.91 bits per heavy atom. The summed E-state index contributed by atoms with van der Waals surface area (Å²) in [7, 11) is 0. The molecule has 114 valence electrons. The summed E-state index contributed by atoms with van der Waals surface area (Å²) in [4.78, 5) is 2.58. The summed E-state index contributed by atoms with van der Waals surface area (Å²) in [5.41, 5.74) is 6.28. The van der Waals surface area contributed by atoms with Crippen LogP contribution in [0.3, 0.4) is 0 Å². The molecule has 0 saturated carbocycles. The molecule has 0 radical (unpaired) electrons. The smallest absolute Gasteiger partial charge is 0.0682 e. The highest BCUT2D eigenvalue weighted by molar-refractivity contribution is 5.73. The standard InChI is InChI=1S/C19H22N2O/c22-13-14-2-1-3-15(10-14)16-4-5-17-11-18-6-7-20-8-9-21(18)19(17)12-16/h1-5,10,12,18,20,22H,6-9,11,13H2. The second kappa shape index (κ2) is 5.75. The van der Waals surface area contributed by atoms with E-state index in [9.17, 15) is 5.11 Å². The summed E-state index contributed by atoms with van der Waals surface area (Å²) >= 11 is 0. The van der Waals surface area contributed by atoms with E-state index in [0.717, 1.165) is 25.2 Å². The van der Waals surface area contributed by atoms with Crippen LogP contribution in [0.4, 0.5) is 5.69 Å². The highest BCUT2D eigenvalue weighted by Crippen LogP contribution is 2.37. The lowest BCUT2D eigenvalue weighted by Crippen LogP contribution is -2.32. The molecule has 1 atom stereocenters. The first-order valence-electron chi connectivity index (χ1n) is 8.15. The van der Waals surface area contributed by atoms with Gasteiger partial charge in [-0.1, -0.05) is 30.3 Å². The van der Waals surface area contributed by atoms with Crippen LogP contribution in [0.1, 0.15) is 17.5 Å². The highest BCUT2D eigenvalue weighted by atomic mass is 16.3. The Morgan fingerprint density at radius 1 is 1.09 bits per heavy atom. The van der Waals surface area contributed by atoms with E-state index in [1.165, 1.54) is 35.2 Å². The lowest BCUT2D eigenvalue weighted by Gasteiger charge is -2.25. The van der Waals surface area contributed by atoms with Crippen molar-refractivity contribution in [2.45, 2.75) is 25.5 Å². The zero-order valence-electron chi connectivity index (χ0n) is 12.8. The van der Waals surface area contributed by atoms with Crippen LogP contribution in [-0.2, 0) is 13.0 Å². The number of hydrogen-bond donors (Lipinski definition) is 2. The molecule has 1 unspecified atom stereocenters. The number of fused-ring (bicyclic) bond motifs is 3. The predicted octanol–water partition coefficient (Wildman–Crippen LogP) is 2.57. The molecular formula is C19H22N2O. The molecule has 2 N–H and O–H groups in total. The van der Waals surface area contributed by atoms with Gasteiger partial charge in [0.25, 0.3) is 0 Å². The van der Waals surface area contributed by atoms with Gasteiger partial charge in [-0.15, -0.1) is 0 Å². The second-order valence-electron chi connectivity index (χ2n) is 6.29. The van der Waals surface area contributed by atoms with Gasteiger partial charge in [0.15, 0.2) is 0 Å². The molecule has 2 aromatic carbocycles. The molecule has 3 heteroatoms. The second-order valence-corrected chi connectivity index (χ2v) is 6.29. The van der Waals surface area contributed by atoms with Gasteiger partial charge in [-0.3, -0.25) is 0 Å². The number of benzene rings is 2. The van der Waals surface area contributed by atoms with Crippen molar-refractivity contribution in [1.29, 1.82) is 0 Å². The van der Waals surface area contributed by atoms with Gasteiger partial charge in [0, 0.05) is 24.8 Å². The van der Waals surface area contributed by atoms with Crippen LogP contribution in [0.2, 0.25) is 0 Å². The van der Waals surface area contributed by atoms with Gasteiger partial charge in [0.2, 0.25) is 0 Å². The summed E-state index contributed by atoms with van der Waals surface area (Å²) in [5.74, 6) is 0. The maximum Gasteiger partial charge on any atom is 0.0682 e. The lowest BCUT2D eigenvalue weighted by molar-refractivity contribution is 0.282. The molecular weight excluding hydrogens is 272 g/mol. The van der Waals surface area contributed by atoms with Crippen LogP contribution >= 0.6 is 0 Å². The first kappa shape index (κ1) is 13.8. The molecule has 0 aromatic heterocycles. The van der Waals surface area contributed by atoms with Crippen molar-refractivity contribution in [2.75, 3.05) is 24.5 Å². The molecule has 0 amide bonds. The maximum atomic E-state index is 9.33. The fourth-order valence-corrected chi connectivity index (χ4v) is 3.75. The van der Waals surface area contributed by atoms with E-state index in [1.54, 1.807) is 0 Å². The van der Waals surface area contributed by atoms with E-state index in [4.69, 9.17) is 0 Å². The van der Waals surface area contributed by atoms with Crippen molar-refractivity contribution in [3.05, 3.63) is 53.6 Å². The zero-order chi connectivity index (χ0) is 14.9. The number of anilines is 1. The average Bonchev–Trinajstić information content (AvgIpc) is 2.75. The molecule has 2 aliphatic heterocycles. The summed E-state index contributed by atoms with van der Waals surface area (Å²) in [6.07, 6.45) is 2.40. The predicted molar refractivity (Wildman–Crippen MR) is 90.1 cm³/mol. The molecule has 2 aromatic rings. The van der Waals surface area contributed by atoms with Crippen molar-refractivity contribution in [3.63, 3.8) is 0 Å². The number of aliphatic hydroxyl groups excluding tert-OH is 1. The molecule has 3 nitrogen and oxygen atoms in total. The van der Waals surface area contributed by atoms with Crippen molar-refractivity contribution in [2.24, 2.45) is 0 Å². The van der Waals surface area contributed by atoms with E-state index in [2.05, 4.69) is 40.5 Å². The zero-order valence-corrected chi connectivity index (χ0v) is 12.8. The molecule has 0 spiro atoms. The minimum absolute atomic E-state index is 0.0959. The number of nitrogens with one attached hydrogen (secondary N) is 1. The first-order valence-corrected chi connectivity index (χ1v) is 8.15. The summed E-state index contributed by atoms with van der Waals surface area (Å²) in [6.45, 7) is 3.39. The van der Waals surface area contributed by atoms with Crippen molar-refractivity contribution < 1.29 is 5.11 Å². The first-order chi connectivity index (χ1) is 10.8. The van der Waals surface area contributed by atoms with Gasteiger partial charge < -0.3 is 15.3 Å². The van der Waals surface area contributed by atoms with Crippen LogP contribution < -0.4 is 10.2 Å². The van der Waals surface area contributed by atoms with Gasteiger partial charge in [-0.25, -0.2) is 0 Å². The third kappa shape index (κ3) is 2.40. The Bertz CT molecular complexity index is 683. The largest absolute Gasteiger partial charge is 0.392 e. The number of aliphatic hydroxyl groups is 1. The van der Waals surface area contributed by atoms with Gasteiger partial charge in [-0.2, -0.15) is 0 Å². The molecule has 22 heavy (non-hydrogen) atoms. The number of hydrogen-bond acceptors (Lipinski definition) is 3. The van der Waals surface area contributed by atoms with Crippen LogP contribution in [0.15, 0.2) is 42.5 Å². The van der Waals surface area contributed by atoms with E-state index >= 15 is 0 Å². The monoisotopic (exact) mass is 294 g/mol. The molecule has 2 heterocycles. The number of rotatable bonds is 2. The van der Waals surface area contributed by atoms with Crippen LogP contribution in [0, 0.1) is 0 Å². The molecule has 2 aliphatic rings. The van der Waals surface area contributed by atoms with E-state index in [1.807, 2.05) is 12.1 Å². The fraction of sp³-hybridized carbons (Fsp3) is 0.368. The SMILES string of the molecule is OCc1cccc(-c2ccc3c(c2)N2CCNCCC2C3)c1. The number of nitrogens with zero attached hydrogens (tertiary/aromatic N) is 1. The van der Waals surface area contributed by atoms with E-state index in [0.29, 0.717) is 6.04 Å². The van der Waals surface area contributed by atoms with Gasteiger partial charge in [0.05, 0.1) is 6.61 Å². The van der Waals surface area contributed by atoms with E-state index < -0.39 is 0 Å². The fourth-order valence-electron chi connectivity index (χ4n) is 3.75. The minimum atomic E-state index is 0.0959. The molecule has 4 rings (SSSR count). The summed E-state index contributed by atoms with van der Waals surface area (Å²) in [6, 6.07) is 15.7. The highest BCUT2D eigenvalue weighted by Gasteiger charge is 2.30. The van der Waals surface area contributed by atoms with Crippen LogP contribution in [0.5, 0.6) is 0 Å². The van der Waals surface area contributed by atoms with Crippen molar-refractivity contribution in [3.8, 4) is 11.1 Å². The normalized spacial score (nSPS) is 20.4. The van der Waals surface area contributed by atoms with Gasteiger partial charge >= 0.3 is 0 Å². The molecule has 1 saturated heterocycles. The van der Waals surface area contributed by atoms with Gasteiger partial charge in [-0.05, 0) is 53.8 Å². The molecule has 0 bridgehead atoms. The van der Waals surface area contributed by atoms with Crippen LogP contribution in [-0.4, -0.2) is 30.8 Å². The maximum absolute atomic E-state index is 9.33. The minimum Gasteiger partial charge on any atom is -0.392 e. The quantitative estimate of drug-likeness (QED) is 0.893. The Morgan fingerprint density at radius 2 is 2.00 bits per heavy atom. The molecule has 1 fully saturated rings. The van der Waals surface area contributed by atoms with Crippen molar-refractivity contribution in [1.82, 2.24) is 5.32 Å². The summed E-state index contributed by atoms with van der Waals surface area (Å²) in [5, 5.41) is 12.8. The van der Waals surface area contributed by atoms with Gasteiger partial charge in [0.1, 0.15) is 0 Å². The summed E-state index contributed by atoms with van der Waals surface area (Å²) < 4.78 is 0.